The highest BCUT2D eigenvalue weighted by molar-refractivity contribution is 7.14. The molecule has 0 radical (unpaired) electrons. The average Bonchev–Trinajstić information content (AvgIpc) is 3.52. The fourth-order valence-electron chi connectivity index (χ4n) is 2.77. The Labute approximate surface area is 214 Å². The number of hydrogen-bond donors (Lipinski definition) is 3. The predicted molar refractivity (Wildman–Crippen MR) is 128 cm³/mol. The molecule has 1 unspecified atom stereocenters. The third kappa shape index (κ3) is 6.10. The monoisotopic (exact) mass is 554 g/mol. The van der Waals surface area contributed by atoms with Crippen molar-refractivity contribution in [3.8, 4) is 0 Å². The van der Waals surface area contributed by atoms with Crippen LogP contribution in [0, 0.1) is 0 Å². The fraction of sp³-hybridized carbons (Fsp3) is 0.150. The molecular weight excluding hydrogens is 541 g/mol. The summed E-state index contributed by atoms with van der Waals surface area (Å²) in [5.41, 5.74) is -1.02. The molecule has 0 spiro atoms. The van der Waals surface area contributed by atoms with Crippen molar-refractivity contribution in [2.45, 2.75) is 19.1 Å². The smallest absolute Gasteiger partial charge is 0.342 e. The van der Waals surface area contributed by atoms with Gasteiger partial charge in [-0.2, -0.15) is 13.2 Å². The topological polar surface area (TPSA) is 135 Å². The lowest BCUT2D eigenvalue weighted by Crippen LogP contribution is -2.27. The first-order chi connectivity index (χ1) is 17.1. The molecule has 16 heteroatoms. The number of thiazole rings is 2. The summed E-state index contributed by atoms with van der Waals surface area (Å²) < 4.78 is 39.1. The van der Waals surface area contributed by atoms with E-state index in [1.165, 1.54) is 29.9 Å². The standard InChI is InChI=1S/C20H14ClF3N8O2S2/c1-9(30-16(33)12-5-15(29-8-28-12)32-19-25-2-3-35-19)18-27-7-13(36-18)17(34)31-14-4-10(20(22,23)24)11(21)6-26-14/h2-9H,1H3,(H,30,33)(H,26,31,34)(H,25,28,29,32). The molecule has 0 aliphatic heterocycles. The summed E-state index contributed by atoms with van der Waals surface area (Å²) >= 11 is 7.87. The second-order valence-corrected chi connectivity index (χ2v) is 9.37. The molecule has 0 saturated carbocycles. The van der Waals surface area contributed by atoms with E-state index in [2.05, 4.69) is 40.9 Å². The van der Waals surface area contributed by atoms with Crippen molar-refractivity contribution in [1.82, 2.24) is 30.2 Å². The number of amides is 2. The van der Waals surface area contributed by atoms with Crippen LogP contribution in [0.5, 0.6) is 0 Å². The summed E-state index contributed by atoms with van der Waals surface area (Å²) in [5, 5.41) is 10.2. The van der Waals surface area contributed by atoms with Crippen molar-refractivity contribution in [2.75, 3.05) is 10.6 Å². The minimum atomic E-state index is -4.70. The number of carbonyl (C=O) groups is 2. The van der Waals surface area contributed by atoms with Gasteiger partial charge in [-0.15, -0.1) is 22.7 Å². The van der Waals surface area contributed by atoms with E-state index in [0.717, 1.165) is 17.5 Å². The number of aromatic nitrogens is 5. The Hall–Kier alpha value is -3.69. The van der Waals surface area contributed by atoms with Crippen molar-refractivity contribution in [2.24, 2.45) is 0 Å². The summed E-state index contributed by atoms with van der Waals surface area (Å²) in [5.74, 6) is -1.15. The van der Waals surface area contributed by atoms with Crippen LogP contribution >= 0.6 is 34.3 Å². The molecule has 0 aromatic carbocycles. The van der Waals surface area contributed by atoms with E-state index in [1.54, 1.807) is 18.5 Å². The molecular formula is C20H14ClF3N8O2S2. The third-order valence-electron chi connectivity index (χ3n) is 4.43. The van der Waals surface area contributed by atoms with Crippen molar-refractivity contribution >= 4 is 62.9 Å². The van der Waals surface area contributed by atoms with Crippen LogP contribution < -0.4 is 16.0 Å². The summed E-state index contributed by atoms with van der Waals surface area (Å²) in [6.07, 6.45) is 0.209. The van der Waals surface area contributed by atoms with Gasteiger partial charge in [0.2, 0.25) is 0 Å². The highest BCUT2D eigenvalue weighted by Gasteiger charge is 2.34. The molecule has 4 rings (SSSR count). The molecule has 4 aromatic heterocycles. The molecule has 1 atom stereocenters. The van der Waals surface area contributed by atoms with Gasteiger partial charge in [-0.05, 0) is 13.0 Å². The maximum Gasteiger partial charge on any atom is 0.418 e. The van der Waals surface area contributed by atoms with Crippen LogP contribution in [0.3, 0.4) is 0 Å². The predicted octanol–water partition coefficient (Wildman–Crippen LogP) is 4.94. The van der Waals surface area contributed by atoms with Crippen LogP contribution in [0.15, 0.2) is 42.4 Å². The lowest BCUT2D eigenvalue weighted by atomic mass is 10.2. The number of carbonyl (C=O) groups excluding carboxylic acids is 2. The number of nitrogens with zero attached hydrogens (tertiary/aromatic N) is 5. The minimum absolute atomic E-state index is 0.0970. The number of halogens is 4. The Balaban J connectivity index is 1.40. The normalized spacial score (nSPS) is 12.1. The zero-order valence-electron chi connectivity index (χ0n) is 18.0. The van der Waals surface area contributed by atoms with Gasteiger partial charge in [-0.25, -0.2) is 24.9 Å². The number of pyridine rings is 1. The fourth-order valence-corrected chi connectivity index (χ4v) is 4.33. The van der Waals surface area contributed by atoms with E-state index >= 15 is 0 Å². The van der Waals surface area contributed by atoms with Gasteiger partial charge >= 0.3 is 6.18 Å². The highest BCUT2D eigenvalue weighted by Crippen LogP contribution is 2.35. The van der Waals surface area contributed by atoms with Gasteiger partial charge < -0.3 is 16.0 Å². The van der Waals surface area contributed by atoms with Crippen molar-refractivity contribution in [3.05, 3.63) is 68.6 Å². The first kappa shape index (κ1) is 25.4. The lowest BCUT2D eigenvalue weighted by Gasteiger charge is -2.11. The minimum Gasteiger partial charge on any atom is -0.342 e. The van der Waals surface area contributed by atoms with Gasteiger partial charge in [0.1, 0.15) is 33.5 Å². The second kappa shape index (κ2) is 10.5. The first-order valence-electron chi connectivity index (χ1n) is 9.89. The van der Waals surface area contributed by atoms with Gasteiger partial charge in [0, 0.05) is 23.8 Å². The van der Waals surface area contributed by atoms with E-state index in [0.29, 0.717) is 22.0 Å². The molecule has 2 amide bonds. The molecule has 0 aliphatic carbocycles. The zero-order chi connectivity index (χ0) is 25.9. The Morgan fingerprint density at radius 3 is 2.56 bits per heavy atom. The molecule has 4 heterocycles. The van der Waals surface area contributed by atoms with Crippen LogP contribution in [-0.4, -0.2) is 36.7 Å². The molecule has 186 valence electrons. The maximum absolute atomic E-state index is 13.0. The molecule has 10 nitrogen and oxygen atoms in total. The quantitative estimate of drug-likeness (QED) is 0.292. The van der Waals surface area contributed by atoms with E-state index in [4.69, 9.17) is 11.6 Å². The Morgan fingerprint density at radius 2 is 1.83 bits per heavy atom. The number of alkyl halides is 3. The van der Waals surface area contributed by atoms with Crippen LogP contribution in [-0.2, 0) is 6.18 Å². The summed E-state index contributed by atoms with van der Waals surface area (Å²) in [7, 11) is 0. The van der Waals surface area contributed by atoms with E-state index in [1.807, 2.05) is 0 Å². The SMILES string of the molecule is CC(NC(=O)c1cc(Nc2nccs2)ncn1)c1ncc(C(=O)Nc2cc(C(F)(F)F)c(Cl)cn2)s1. The van der Waals surface area contributed by atoms with Gasteiger partial charge in [0.15, 0.2) is 5.13 Å². The summed E-state index contributed by atoms with van der Waals surface area (Å²) in [4.78, 5) is 45.2. The van der Waals surface area contributed by atoms with Crippen LogP contribution in [0.25, 0.3) is 0 Å². The van der Waals surface area contributed by atoms with Crippen LogP contribution in [0.2, 0.25) is 5.02 Å². The Morgan fingerprint density at radius 1 is 1.03 bits per heavy atom. The van der Waals surface area contributed by atoms with E-state index in [9.17, 15) is 22.8 Å². The maximum atomic E-state index is 13.0. The van der Waals surface area contributed by atoms with Gasteiger partial charge in [-0.3, -0.25) is 9.59 Å². The molecule has 0 fully saturated rings. The molecule has 0 bridgehead atoms. The summed E-state index contributed by atoms with van der Waals surface area (Å²) in [6, 6.07) is 1.50. The Bertz CT molecular complexity index is 1400. The average molecular weight is 555 g/mol. The molecule has 4 aromatic rings. The lowest BCUT2D eigenvalue weighted by molar-refractivity contribution is -0.137. The second-order valence-electron chi connectivity index (χ2n) is 7.01. The largest absolute Gasteiger partial charge is 0.418 e. The van der Waals surface area contributed by atoms with Crippen molar-refractivity contribution in [3.63, 3.8) is 0 Å². The molecule has 36 heavy (non-hydrogen) atoms. The van der Waals surface area contributed by atoms with Crippen LogP contribution in [0.1, 0.15) is 43.7 Å². The van der Waals surface area contributed by atoms with E-state index < -0.39 is 34.6 Å². The van der Waals surface area contributed by atoms with Crippen molar-refractivity contribution in [1.29, 1.82) is 0 Å². The third-order valence-corrected chi connectivity index (χ3v) is 6.60. The molecule has 3 N–H and O–H groups in total. The number of hydrogen-bond acceptors (Lipinski definition) is 10. The van der Waals surface area contributed by atoms with Gasteiger partial charge in [0.25, 0.3) is 11.8 Å². The van der Waals surface area contributed by atoms with E-state index in [-0.39, 0.29) is 16.4 Å². The number of rotatable bonds is 7. The summed E-state index contributed by atoms with van der Waals surface area (Å²) in [6.45, 7) is 1.66. The number of anilines is 3. The zero-order valence-corrected chi connectivity index (χ0v) is 20.4. The van der Waals surface area contributed by atoms with Gasteiger partial charge in [-0.1, -0.05) is 11.6 Å². The number of nitrogens with one attached hydrogen (secondary N) is 3. The van der Waals surface area contributed by atoms with Gasteiger partial charge in [0.05, 0.1) is 22.8 Å². The first-order valence-corrected chi connectivity index (χ1v) is 12.0. The van der Waals surface area contributed by atoms with Crippen LogP contribution in [0.4, 0.5) is 29.9 Å². The van der Waals surface area contributed by atoms with Crippen molar-refractivity contribution < 1.29 is 22.8 Å². The Kier molecular flexibility index (Phi) is 7.42. The molecule has 0 saturated heterocycles. The highest BCUT2D eigenvalue weighted by atomic mass is 35.5. The molecule has 0 aliphatic rings.